The maximum Gasteiger partial charge on any atom is 0.264 e. The van der Waals surface area contributed by atoms with Crippen molar-refractivity contribution in [3.63, 3.8) is 0 Å². The number of piperidine rings is 1. The third-order valence-corrected chi connectivity index (χ3v) is 4.68. The number of nitrogens with two attached hydrogens (primary N) is 1. The van der Waals surface area contributed by atoms with Crippen molar-refractivity contribution in [2.45, 2.75) is 32.7 Å². The second-order valence-corrected chi connectivity index (χ2v) is 5.77. The van der Waals surface area contributed by atoms with E-state index in [0.29, 0.717) is 12.5 Å². The van der Waals surface area contributed by atoms with E-state index >= 15 is 0 Å². The Bertz CT molecular complexity index is 402. The van der Waals surface area contributed by atoms with Crippen LogP contribution in [0.1, 0.15) is 35.0 Å². The predicted molar refractivity (Wildman–Crippen MR) is 71.3 cm³/mol. The van der Waals surface area contributed by atoms with Crippen molar-refractivity contribution < 1.29 is 4.79 Å². The Morgan fingerprint density at radius 3 is 3.00 bits per heavy atom. The van der Waals surface area contributed by atoms with E-state index in [0.717, 1.165) is 23.4 Å². The molecule has 1 fully saturated rings. The van der Waals surface area contributed by atoms with Gasteiger partial charge >= 0.3 is 0 Å². The number of nitrogens with zero attached hydrogens (tertiary/aromatic N) is 1. The molecule has 94 valence electrons. The van der Waals surface area contributed by atoms with E-state index < -0.39 is 0 Å². The molecule has 1 aromatic rings. The highest BCUT2D eigenvalue weighted by molar-refractivity contribution is 7.12. The average molecular weight is 252 g/mol. The number of rotatable bonds is 2. The number of hydrogen-bond donors (Lipinski definition) is 1. The first-order valence-electron chi connectivity index (χ1n) is 6.20. The highest BCUT2D eigenvalue weighted by Gasteiger charge is 2.32. The molecule has 17 heavy (non-hydrogen) atoms. The zero-order chi connectivity index (χ0) is 12.4. The van der Waals surface area contributed by atoms with Crippen molar-refractivity contribution in [3.05, 3.63) is 21.9 Å². The van der Waals surface area contributed by atoms with Crippen LogP contribution in [0.3, 0.4) is 0 Å². The van der Waals surface area contributed by atoms with Crippen LogP contribution < -0.4 is 5.73 Å². The molecule has 0 bridgehead atoms. The van der Waals surface area contributed by atoms with Crippen molar-refractivity contribution in [2.75, 3.05) is 13.1 Å². The van der Waals surface area contributed by atoms with E-state index in [1.54, 1.807) is 0 Å². The monoisotopic (exact) mass is 252 g/mol. The van der Waals surface area contributed by atoms with E-state index in [1.807, 2.05) is 23.3 Å². The van der Waals surface area contributed by atoms with Gasteiger partial charge in [-0.2, -0.15) is 0 Å². The minimum Gasteiger partial charge on any atom is -0.333 e. The molecule has 3 nitrogen and oxygen atoms in total. The van der Waals surface area contributed by atoms with Gasteiger partial charge in [-0.15, -0.1) is 11.3 Å². The minimum atomic E-state index is 0.166. The average Bonchev–Trinajstić information content (AvgIpc) is 2.74. The molecule has 0 saturated carbocycles. The molecule has 0 radical (unpaired) electrons. The second kappa shape index (κ2) is 5.19. The Kier molecular flexibility index (Phi) is 3.84. The zero-order valence-electron chi connectivity index (χ0n) is 10.5. The van der Waals surface area contributed by atoms with Crippen molar-refractivity contribution in [1.82, 2.24) is 4.90 Å². The van der Waals surface area contributed by atoms with E-state index in [1.165, 1.54) is 17.8 Å². The molecule has 0 unspecified atom stereocenters. The molecule has 2 heterocycles. The van der Waals surface area contributed by atoms with Gasteiger partial charge in [-0.3, -0.25) is 4.79 Å². The molecule has 2 rings (SSSR count). The maximum absolute atomic E-state index is 12.5. The Balaban J connectivity index is 2.21. The number of amides is 1. The number of aryl methyl sites for hydroxylation is 1. The van der Waals surface area contributed by atoms with Crippen LogP contribution in [0.5, 0.6) is 0 Å². The van der Waals surface area contributed by atoms with Crippen molar-refractivity contribution in [2.24, 2.45) is 11.7 Å². The van der Waals surface area contributed by atoms with Gasteiger partial charge in [-0.25, -0.2) is 0 Å². The first-order chi connectivity index (χ1) is 8.15. The van der Waals surface area contributed by atoms with Crippen LogP contribution in [0.15, 0.2) is 11.4 Å². The standard InChI is InChI=1S/C13H20N2OS/c1-9-4-3-6-15(11(9)8-14)13(16)12-10(2)5-7-17-12/h5,7,9,11H,3-4,6,8,14H2,1-2H3/t9-,11-/m1/s1. The third-order valence-electron chi connectivity index (χ3n) is 3.67. The molecule has 0 aliphatic carbocycles. The van der Waals surface area contributed by atoms with Crippen LogP contribution in [-0.2, 0) is 0 Å². The summed E-state index contributed by atoms with van der Waals surface area (Å²) >= 11 is 1.53. The summed E-state index contributed by atoms with van der Waals surface area (Å²) in [6.07, 6.45) is 2.27. The molecule has 1 aliphatic heterocycles. The predicted octanol–water partition coefficient (Wildman–Crippen LogP) is 2.26. The Morgan fingerprint density at radius 2 is 2.41 bits per heavy atom. The summed E-state index contributed by atoms with van der Waals surface area (Å²) in [5, 5.41) is 1.98. The highest BCUT2D eigenvalue weighted by Crippen LogP contribution is 2.26. The molecular weight excluding hydrogens is 232 g/mol. The van der Waals surface area contributed by atoms with Crippen LogP contribution in [0.2, 0.25) is 0 Å². The Morgan fingerprint density at radius 1 is 1.65 bits per heavy atom. The lowest BCUT2D eigenvalue weighted by Gasteiger charge is -2.39. The van der Waals surface area contributed by atoms with Crippen LogP contribution in [-0.4, -0.2) is 29.9 Å². The number of likely N-dealkylation sites (tertiary alicyclic amines) is 1. The zero-order valence-corrected chi connectivity index (χ0v) is 11.3. The number of hydrogen-bond acceptors (Lipinski definition) is 3. The lowest BCUT2D eigenvalue weighted by Crippen LogP contribution is -2.51. The topological polar surface area (TPSA) is 46.3 Å². The van der Waals surface area contributed by atoms with Crippen molar-refractivity contribution in [1.29, 1.82) is 0 Å². The summed E-state index contributed by atoms with van der Waals surface area (Å²) in [5.41, 5.74) is 6.90. The molecule has 1 amide bonds. The SMILES string of the molecule is Cc1ccsc1C(=O)N1CCC[C@@H](C)[C@H]1CN. The van der Waals surface area contributed by atoms with E-state index in [2.05, 4.69) is 6.92 Å². The second-order valence-electron chi connectivity index (χ2n) is 4.85. The third kappa shape index (κ3) is 2.38. The number of carbonyl (C=O) groups excluding carboxylic acids is 1. The lowest BCUT2D eigenvalue weighted by molar-refractivity contribution is 0.0537. The first-order valence-corrected chi connectivity index (χ1v) is 7.08. The summed E-state index contributed by atoms with van der Waals surface area (Å²) in [7, 11) is 0. The number of thiophene rings is 1. The molecule has 2 atom stereocenters. The molecule has 2 N–H and O–H groups in total. The van der Waals surface area contributed by atoms with Crippen molar-refractivity contribution >= 4 is 17.2 Å². The van der Waals surface area contributed by atoms with Crippen molar-refractivity contribution in [3.8, 4) is 0 Å². The Hall–Kier alpha value is -0.870. The van der Waals surface area contributed by atoms with E-state index in [4.69, 9.17) is 5.73 Å². The van der Waals surface area contributed by atoms with Gasteiger partial charge in [0.1, 0.15) is 0 Å². The summed E-state index contributed by atoms with van der Waals surface area (Å²) in [6.45, 7) is 5.60. The van der Waals surface area contributed by atoms with Crippen LogP contribution >= 0.6 is 11.3 Å². The fourth-order valence-electron chi connectivity index (χ4n) is 2.58. The molecule has 1 aromatic heterocycles. The van der Waals surface area contributed by atoms with Gasteiger partial charge in [0.25, 0.3) is 5.91 Å². The van der Waals surface area contributed by atoms with Gasteiger partial charge in [-0.1, -0.05) is 6.92 Å². The van der Waals surface area contributed by atoms with Gasteiger partial charge < -0.3 is 10.6 Å². The molecule has 4 heteroatoms. The lowest BCUT2D eigenvalue weighted by atomic mass is 9.90. The van der Waals surface area contributed by atoms with Crippen LogP contribution in [0.4, 0.5) is 0 Å². The van der Waals surface area contributed by atoms with Crippen LogP contribution in [0.25, 0.3) is 0 Å². The summed E-state index contributed by atoms with van der Waals surface area (Å²) in [6, 6.07) is 2.21. The molecule has 0 spiro atoms. The normalized spacial score (nSPS) is 25.0. The molecule has 1 aliphatic rings. The maximum atomic E-state index is 12.5. The van der Waals surface area contributed by atoms with E-state index in [9.17, 15) is 4.79 Å². The molecule has 0 aromatic carbocycles. The van der Waals surface area contributed by atoms with Gasteiger partial charge in [0.2, 0.25) is 0 Å². The van der Waals surface area contributed by atoms with Gasteiger partial charge in [0.15, 0.2) is 0 Å². The summed E-state index contributed by atoms with van der Waals surface area (Å²) < 4.78 is 0. The molecule has 1 saturated heterocycles. The smallest absolute Gasteiger partial charge is 0.264 e. The van der Waals surface area contributed by atoms with Gasteiger partial charge in [0.05, 0.1) is 4.88 Å². The highest BCUT2D eigenvalue weighted by atomic mass is 32.1. The summed E-state index contributed by atoms with van der Waals surface area (Å²) in [4.78, 5) is 15.3. The minimum absolute atomic E-state index is 0.166. The Labute approximate surface area is 107 Å². The number of carbonyl (C=O) groups is 1. The van der Waals surface area contributed by atoms with Gasteiger partial charge in [0, 0.05) is 19.1 Å². The fourth-order valence-corrected chi connectivity index (χ4v) is 3.46. The van der Waals surface area contributed by atoms with Crippen LogP contribution in [0, 0.1) is 12.8 Å². The fraction of sp³-hybridized carbons (Fsp3) is 0.615. The summed E-state index contributed by atoms with van der Waals surface area (Å²) in [5.74, 6) is 0.678. The largest absolute Gasteiger partial charge is 0.333 e. The molecular formula is C13H20N2OS. The van der Waals surface area contributed by atoms with Gasteiger partial charge in [-0.05, 0) is 42.7 Å². The quantitative estimate of drug-likeness (QED) is 0.877. The first kappa shape index (κ1) is 12.6. The van der Waals surface area contributed by atoms with E-state index in [-0.39, 0.29) is 11.9 Å².